The monoisotopic (exact) mass is 241 g/mol. The number of hydrogen-bond acceptors (Lipinski definition) is 3. The number of carbonyl (C=O) groups is 1. The minimum Gasteiger partial charge on any atom is -0.477 e. The third kappa shape index (κ3) is 2.35. The van der Waals surface area contributed by atoms with Gasteiger partial charge in [-0.25, -0.2) is 4.68 Å². The van der Waals surface area contributed by atoms with Gasteiger partial charge < -0.3 is 10.1 Å². The molecule has 88 valence electrons. The Morgan fingerprint density at radius 3 is 3.31 bits per heavy atom. The summed E-state index contributed by atoms with van der Waals surface area (Å²) in [7, 11) is 0.704. The largest absolute Gasteiger partial charge is 0.477 e. The van der Waals surface area contributed by atoms with Gasteiger partial charge in [-0.3, -0.25) is 4.79 Å². The number of aromatic nitrogens is 2. The molecule has 1 aliphatic heterocycles. The van der Waals surface area contributed by atoms with Gasteiger partial charge >= 0.3 is 0 Å². The summed E-state index contributed by atoms with van der Waals surface area (Å²) in [6.07, 6.45) is 1.87. The molecule has 1 aromatic rings. The summed E-state index contributed by atoms with van der Waals surface area (Å²) in [5, 5.41) is 8.28. The summed E-state index contributed by atoms with van der Waals surface area (Å²) in [6, 6.07) is 0. The molecule has 6 heteroatoms. The summed E-state index contributed by atoms with van der Waals surface area (Å²) in [5.74, 6) is 1.21. The van der Waals surface area contributed by atoms with Crippen LogP contribution >= 0.6 is 8.58 Å². The number of fused-ring (bicyclic) bond motifs is 1. The zero-order chi connectivity index (χ0) is 11.5. The molecule has 2 heterocycles. The number of amides is 1. The van der Waals surface area contributed by atoms with Gasteiger partial charge in [0.25, 0.3) is 0 Å². The van der Waals surface area contributed by atoms with Gasteiger partial charge in [-0.2, -0.15) is 5.10 Å². The van der Waals surface area contributed by atoms with Crippen LogP contribution in [0.2, 0.25) is 0 Å². The third-order valence-electron chi connectivity index (χ3n) is 2.59. The Bertz CT molecular complexity index is 391. The molecule has 1 amide bonds. The Kier molecular flexibility index (Phi) is 3.44. The summed E-state index contributed by atoms with van der Waals surface area (Å²) in [6.45, 7) is 5.77. The van der Waals surface area contributed by atoms with Crippen molar-refractivity contribution < 1.29 is 9.53 Å². The Labute approximate surface area is 96.3 Å². The van der Waals surface area contributed by atoms with Gasteiger partial charge in [0.1, 0.15) is 0 Å². The lowest BCUT2D eigenvalue weighted by Crippen LogP contribution is -2.36. The molecule has 0 radical (unpaired) electrons. The van der Waals surface area contributed by atoms with Crippen molar-refractivity contribution in [3.8, 4) is 5.88 Å². The second-order valence-corrected chi connectivity index (χ2v) is 4.95. The minimum absolute atomic E-state index is 0.00184. The SMILES string of the molecule is CPc1cnn2c1OCC(CNC(C)=O)C2. The van der Waals surface area contributed by atoms with Crippen LogP contribution in [0.4, 0.5) is 0 Å². The van der Waals surface area contributed by atoms with E-state index in [0.29, 0.717) is 27.7 Å². The van der Waals surface area contributed by atoms with Crippen LogP contribution in [0.1, 0.15) is 6.92 Å². The molecule has 2 atom stereocenters. The summed E-state index contributed by atoms with van der Waals surface area (Å²) in [5.41, 5.74) is 0. The van der Waals surface area contributed by atoms with E-state index < -0.39 is 0 Å². The van der Waals surface area contributed by atoms with Crippen LogP contribution in [0.15, 0.2) is 6.20 Å². The first-order valence-electron chi connectivity index (χ1n) is 5.31. The molecule has 0 fully saturated rings. The molecule has 0 aliphatic carbocycles. The fourth-order valence-electron chi connectivity index (χ4n) is 1.73. The highest BCUT2D eigenvalue weighted by molar-refractivity contribution is 7.46. The van der Waals surface area contributed by atoms with Crippen LogP contribution in [0, 0.1) is 5.92 Å². The first kappa shape index (κ1) is 11.4. The maximum atomic E-state index is 10.8. The van der Waals surface area contributed by atoms with Crippen LogP contribution in [-0.4, -0.2) is 35.5 Å². The van der Waals surface area contributed by atoms with Crippen molar-refractivity contribution in [3.63, 3.8) is 0 Å². The van der Waals surface area contributed by atoms with Gasteiger partial charge in [-0.1, -0.05) is 8.58 Å². The number of nitrogens with zero attached hydrogens (tertiary/aromatic N) is 2. The molecule has 16 heavy (non-hydrogen) atoms. The first-order chi connectivity index (χ1) is 7.70. The van der Waals surface area contributed by atoms with Crippen LogP contribution < -0.4 is 15.4 Å². The molecule has 2 unspecified atom stereocenters. The van der Waals surface area contributed by atoms with E-state index in [4.69, 9.17) is 4.74 Å². The molecule has 0 spiro atoms. The van der Waals surface area contributed by atoms with E-state index in [2.05, 4.69) is 17.1 Å². The Hall–Kier alpha value is -1.09. The molecule has 1 aromatic heterocycles. The fraction of sp³-hybridized carbons (Fsp3) is 0.600. The number of hydrogen-bond donors (Lipinski definition) is 1. The normalized spacial score (nSPS) is 19.5. The molecule has 0 bridgehead atoms. The van der Waals surface area contributed by atoms with Crippen LogP contribution in [0.5, 0.6) is 5.88 Å². The lowest BCUT2D eigenvalue weighted by molar-refractivity contribution is -0.119. The summed E-state index contributed by atoms with van der Waals surface area (Å²) >= 11 is 0. The number of rotatable bonds is 3. The predicted molar refractivity (Wildman–Crippen MR) is 63.8 cm³/mol. The molecule has 1 aliphatic rings. The van der Waals surface area contributed by atoms with Gasteiger partial charge in [0.15, 0.2) is 0 Å². The fourth-order valence-corrected chi connectivity index (χ4v) is 2.34. The quantitative estimate of drug-likeness (QED) is 0.755. The number of nitrogens with one attached hydrogen (secondary N) is 1. The van der Waals surface area contributed by atoms with E-state index in [1.165, 1.54) is 12.2 Å². The van der Waals surface area contributed by atoms with Gasteiger partial charge in [0, 0.05) is 19.4 Å². The van der Waals surface area contributed by atoms with Crippen molar-refractivity contribution in [2.75, 3.05) is 19.8 Å². The van der Waals surface area contributed by atoms with Crippen molar-refractivity contribution in [3.05, 3.63) is 6.20 Å². The minimum atomic E-state index is 0.00184. The van der Waals surface area contributed by atoms with E-state index in [1.807, 2.05) is 10.9 Å². The Morgan fingerprint density at radius 1 is 1.81 bits per heavy atom. The van der Waals surface area contributed by atoms with Crippen LogP contribution in [0.3, 0.4) is 0 Å². The lowest BCUT2D eigenvalue weighted by Gasteiger charge is -2.24. The predicted octanol–water partition coefficient (Wildman–Crippen LogP) is -0.0386. The van der Waals surface area contributed by atoms with E-state index >= 15 is 0 Å². The maximum Gasteiger partial charge on any atom is 0.219 e. The van der Waals surface area contributed by atoms with Crippen LogP contribution in [0.25, 0.3) is 0 Å². The van der Waals surface area contributed by atoms with Gasteiger partial charge in [-0.15, -0.1) is 0 Å². The zero-order valence-corrected chi connectivity index (χ0v) is 10.5. The molecular weight excluding hydrogens is 225 g/mol. The highest BCUT2D eigenvalue weighted by atomic mass is 31.1. The molecule has 5 nitrogen and oxygen atoms in total. The average Bonchev–Trinajstić information content (AvgIpc) is 2.68. The van der Waals surface area contributed by atoms with Gasteiger partial charge in [-0.05, 0) is 6.66 Å². The first-order valence-corrected chi connectivity index (χ1v) is 6.81. The van der Waals surface area contributed by atoms with Crippen molar-refractivity contribution in [2.45, 2.75) is 13.5 Å². The molecular formula is C10H16N3O2P. The van der Waals surface area contributed by atoms with Crippen molar-refractivity contribution in [2.24, 2.45) is 5.92 Å². The Morgan fingerprint density at radius 2 is 2.62 bits per heavy atom. The van der Waals surface area contributed by atoms with Crippen molar-refractivity contribution in [1.82, 2.24) is 15.1 Å². The van der Waals surface area contributed by atoms with E-state index in [0.717, 1.165) is 12.4 Å². The highest BCUT2D eigenvalue weighted by Crippen LogP contribution is 2.22. The van der Waals surface area contributed by atoms with Crippen LogP contribution in [-0.2, 0) is 11.3 Å². The zero-order valence-electron chi connectivity index (χ0n) is 9.49. The Balaban J connectivity index is 1.98. The van der Waals surface area contributed by atoms with E-state index in [-0.39, 0.29) is 5.91 Å². The molecule has 1 N–H and O–H groups in total. The van der Waals surface area contributed by atoms with Crippen molar-refractivity contribution in [1.29, 1.82) is 0 Å². The lowest BCUT2D eigenvalue weighted by atomic mass is 10.1. The second kappa shape index (κ2) is 4.83. The maximum absolute atomic E-state index is 10.8. The highest BCUT2D eigenvalue weighted by Gasteiger charge is 2.22. The van der Waals surface area contributed by atoms with E-state index in [1.54, 1.807) is 0 Å². The van der Waals surface area contributed by atoms with E-state index in [9.17, 15) is 4.79 Å². The molecule has 2 rings (SSSR count). The molecule has 0 saturated carbocycles. The summed E-state index contributed by atoms with van der Waals surface area (Å²) in [4.78, 5) is 10.8. The summed E-state index contributed by atoms with van der Waals surface area (Å²) < 4.78 is 7.58. The van der Waals surface area contributed by atoms with Crippen molar-refractivity contribution >= 4 is 19.8 Å². The second-order valence-electron chi connectivity index (χ2n) is 3.91. The molecule has 0 saturated heterocycles. The third-order valence-corrected chi connectivity index (χ3v) is 3.47. The smallest absolute Gasteiger partial charge is 0.219 e. The number of carbonyl (C=O) groups excluding carboxylic acids is 1. The van der Waals surface area contributed by atoms with Gasteiger partial charge in [0.05, 0.1) is 24.7 Å². The molecule has 0 aromatic carbocycles. The van der Waals surface area contributed by atoms with Gasteiger partial charge in [0.2, 0.25) is 11.8 Å². The topological polar surface area (TPSA) is 56.1 Å². The number of ether oxygens (including phenoxy) is 1. The average molecular weight is 241 g/mol. The standard InChI is InChI=1S/C10H16N3O2P/c1-7(14)11-3-8-5-13-10(15-6-8)9(16-2)4-12-13/h4,8,16H,3,5-6H2,1-2H3,(H,11,14).